The van der Waals surface area contributed by atoms with Crippen molar-refractivity contribution in [1.82, 2.24) is 0 Å². The molecule has 6 nitrogen and oxygen atoms in total. The molecule has 0 aliphatic rings. The molecule has 0 aromatic carbocycles. The highest BCUT2D eigenvalue weighted by Crippen LogP contribution is 2.15. The fraction of sp³-hybridized carbons (Fsp3) is 0.648. The summed E-state index contributed by atoms with van der Waals surface area (Å²) in [7, 11) is 0. The molecule has 0 aliphatic heterocycles. The summed E-state index contributed by atoms with van der Waals surface area (Å²) in [4.78, 5) is 38.2. The second kappa shape index (κ2) is 64.1. The predicted octanol–water partition coefficient (Wildman–Crippen LogP) is 21.8. The van der Waals surface area contributed by atoms with Gasteiger partial charge in [0.25, 0.3) is 0 Å². The molecule has 0 bridgehead atoms. The highest BCUT2D eigenvalue weighted by Gasteiger charge is 2.19. The molecule has 0 fully saturated rings. The highest BCUT2D eigenvalue weighted by molar-refractivity contribution is 5.71. The Balaban J connectivity index is 4.40. The third kappa shape index (κ3) is 62.3. The van der Waals surface area contributed by atoms with Gasteiger partial charge < -0.3 is 14.2 Å². The van der Waals surface area contributed by atoms with Gasteiger partial charge in [-0.3, -0.25) is 14.4 Å². The van der Waals surface area contributed by atoms with Crippen LogP contribution < -0.4 is 0 Å². The van der Waals surface area contributed by atoms with E-state index in [1.807, 2.05) is 6.08 Å². The molecule has 0 heterocycles. The molecule has 0 aromatic heterocycles. The number of carbonyl (C=O) groups is 3. The van der Waals surface area contributed by atoms with Gasteiger partial charge in [-0.25, -0.2) is 0 Å². The van der Waals surface area contributed by atoms with Crippen LogP contribution in [0, 0.1) is 0 Å². The molecular formula is C71H116O6. The maximum absolute atomic E-state index is 12.9. The largest absolute Gasteiger partial charge is 0.462 e. The summed E-state index contributed by atoms with van der Waals surface area (Å²) in [6.45, 7) is 6.33. The Kier molecular flexibility index (Phi) is 60.4. The molecule has 0 rings (SSSR count). The first-order valence-electron chi connectivity index (χ1n) is 31.7. The summed E-state index contributed by atoms with van der Waals surface area (Å²) in [5.41, 5.74) is 0. The fourth-order valence-corrected chi connectivity index (χ4v) is 8.45. The molecule has 6 heteroatoms. The molecule has 0 N–H and O–H groups in total. The standard InChI is InChI=1S/C71H116O6/c1-4-7-10-13-16-19-22-25-27-29-31-33-34-35-36-38-39-41-43-46-49-52-55-58-61-64-70(73)76-67-68(66-75-69(72)63-60-57-54-51-48-45-24-21-18-15-12-9-6-3)77-71(74)65-62-59-56-53-50-47-44-42-40-37-32-30-28-26-23-20-17-14-11-8-5-2/h8-9,11-12,17-18,20-22,25-26,28-29,31-32,37,42,44-45,48,54,57,68H,4-7,10,13-16,19,23-24,27,30,33-36,38-41,43,46-47,49-53,55-56,58-67H2,1-3H3/b11-8-,12-9-,20-17-,21-18-,25-22-,28-26-,31-29-,37-32-,44-42-,48-45-,57-54-. The predicted molar refractivity (Wildman–Crippen MR) is 334 cm³/mol. The molecule has 0 saturated carbocycles. The molecule has 436 valence electrons. The minimum Gasteiger partial charge on any atom is -0.462 e. The maximum atomic E-state index is 12.9. The van der Waals surface area contributed by atoms with Gasteiger partial charge in [-0.05, 0) is 122 Å². The van der Waals surface area contributed by atoms with Crippen LogP contribution in [0.5, 0.6) is 0 Å². The Hall–Kier alpha value is -4.45. The monoisotopic (exact) mass is 1060 g/mol. The summed E-state index contributed by atoms with van der Waals surface area (Å²) >= 11 is 0. The van der Waals surface area contributed by atoms with Gasteiger partial charge in [0.05, 0.1) is 0 Å². The second-order valence-electron chi connectivity index (χ2n) is 20.5. The number of esters is 3. The first-order chi connectivity index (χ1) is 38.0. The van der Waals surface area contributed by atoms with Crippen LogP contribution in [0.1, 0.15) is 278 Å². The van der Waals surface area contributed by atoms with Crippen LogP contribution >= 0.6 is 0 Å². The molecule has 0 amide bonds. The van der Waals surface area contributed by atoms with E-state index in [-0.39, 0.29) is 44.0 Å². The van der Waals surface area contributed by atoms with Gasteiger partial charge in [0.15, 0.2) is 6.10 Å². The van der Waals surface area contributed by atoms with E-state index in [1.165, 1.54) is 109 Å². The van der Waals surface area contributed by atoms with E-state index < -0.39 is 6.10 Å². The van der Waals surface area contributed by atoms with Crippen LogP contribution in [0.3, 0.4) is 0 Å². The quantitative estimate of drug-likeness (QED) is 0.0261. The number of rotatable bonds is 56. The second-order valence-corrected chi connectivity index (χ2v) is 20.5. The highest BCUT2D eigenvalue weighted by atomic mass is 16.6. The van der Waals surface area contributed by atoms with E-state index in [4.69, 9.17) is 14.2 Å². The van der Waals surface area contributed by atoms with Crippen LogP contribution in [-0.2, 0) is 28.6 Å². The zero-order chi connectivity index (χ0) is 55.7. The molecule has 77 heavy (non-hydrogen) atoms. The van der Waals surface area contributed by atoms with E-state index in [0.29, 0.717) is 12.8 Å². The summed E-state index contributed by atoms with van der Waals surface area (Å²) in [5, 5.41) is 0. The van der Waals surface area contributed by atoms with E-state index >= 15 is 0 Å². The lowest BCUT2D eigenvalue weighted by atomic mass is 10.0. The van der Waals surface area contributed by atoms with Crippen molar-refractivity contribution >= 4 is 17.9 Å². The van der Waals surface area contributed by atoms with Crippen molar-refractivity contribution in [3.63, 3.8) is 0 Å². The van der Waals surface area contributed by atoms with Gasteiger partial charge >= 0.3 is 17.9 Å². The smallest absolute Gasteiger partial charge is 0.306 e. The molecule has 0 aliphatic carbocycles. The van der Waals surface area contributed by atoms with Crippen LogP contribution in [0.2, 0.25) is 0 Å². The van der Waals surface area contributed by atoms with Crippen molar-refractivity contribution in [3.8, 4) is 0 Å². The number of hydrogen-bond donors (Lipinski definition) is 0. The molecule has 1 atom stereocenters. The summed E-state index contributed by atoms with van der Waals surface area (Å²) in [6.07, 6.45) is 90.5. The minimum atomic E-state index is -0.823. The van der Waals surface area contributed by atoms with Gasteiger partial charge in [0.1, 0.15) is 13.2 Å². The zero-order valence-corrected chi connectivity index (χ0v) is 49.9. The van der Waals surface area contributed by atoms with E-state index in [2.05, 4.69) is 148 Å². The number of unbranched alkanes of at least 4 members (excludes halogenated alkanes) is 23. The van der Waals surface area contributed by atoms with Crippen LogP contribution in [0.15, 0.2) is 134 Å². The third-order valence-corrected chi connectivity index (χ3v) is 13.1. The van der Waals surface area contributed by atoms with Crippen molar-refractivity contribution in [2.24, 2.45) is 0 Å². The normalized spacial score (nSPS) is 13.0. The maximum Gasteiger partial charge on any atom is 0.306 e. The fourth-order valence-electron chi connectivity index (χ4n) is 8.45. The average molecular weight is 1070 g/mol. The number of hydrogen-bond acceptors (Lipinski definition) is 6. The molecule has 0 saturated heterocycles. The van der Waals surface area contributed by atoms with Gasteiger partial charge in [-0.1, -0.05) is 270 Å². The Morgan fingerprint density at radius 1 is 0.273 bits per heavy atom. The molecule has 0 spiro atoms. The van der Waals surface area contributed by atoms with Gasteiger partial charge in [-0.2, -0.15) is 0 Å². The van der Waals surface area contributed by atoms with Crippen molar-refractivity contribution < 1.29 is 28.6 Å². The summed E-state index contributed by atoms with van der Waals surface area (Å²) in [5.74, 6) is -1.02. The lowest BCUT2D eigenvalue weighted by Gasteiger charge is -2.18. The van der Waals surface area contributed by atoms with E-state index in [1.54, 1.807) is 0 Å². The molecule has 1 unspecified atom stereocenters. The Labute approximate surface area is 475 Å². The molecular weight excluding hydrogens is 949 g/mol. The Morgan fingerprint density at radius 3 is 0.870 bits per heavy atom. The first-order valence-corrected chi connectivity index (χ1v) is 31.7. The summed E-state index contributed by atoms with van der Waals surface area (Å²) in [6, 6.07) is 0. The van der Waals surface area contributed by atoms with Crippen molar-refractivity contribution in [2.75, 3.05) is 13.2 Å². The SMILES string of the molecule is CC/C=C\C/C=C\C/C=C\C/C=C\C/C=C\CCCCCCCC(=O)OC(COC(=O)CC/C=C\C/C=C\C/C=C\C/C=C\CC)COC(=O)CCCCCCCCCCCCCCC/C=C\C/C=C\CCCCCCC. The van der Waals surface area contributed by atoms with Crippen molar-refractivity contribution in [1.29, 1.82) is 0 Å². The van der Waals surface area contributed by atoms with Crippen LogP contribution in [0.4, 0.5) is 0 Å². The topological polar surface area (TPSA) is 78.9 Å². The number of allylic oxidation sites excluding steroid dienone is 22. The van der Waals surface area contributed by atoms with E-state index in [9.17, 15) is 14.4 Å². The average Bonchev–Trinajstić information content (AvgIpc) is 3.43. The van der Waals surface area contributed by atoms with E-state index in [0.717, 1.165) is 122 Å². The Bertz CT molecular complexity index is 1650. The lowest BCUT2D eigenvalue weighted by Crippen LogP contribution is -2.30. The van der Waals surface area contributed by atoms with Crippen molar-refractivity contribution in [2.45, 2.75) is 284 Å². The zero-order valence-electron chi connectivity index (χ0n) is 49.9. The van der Waals surface area contributed by atoms with Crippen molar-refractivity contribution in [3.05, 3.63) is 134 Å². The third-order valence-electron chi connectivity index (χ3n) is 13.1. The molecule has 0 aromatic rings. The molecule has 0 radical (unpaired) electrons. The number of ether oxygens (including phenoxy) is 3. The Morgan fingerprint density at radius 2 is 0.532 bits per heavy atom. The lowest BCUT2D eigenvalue weighted by molar-refractivity contribution is -0.166. The minimum absolute atomic E-state index is 0.112. The van der Waals surface area contributed by atoms with Gasteiger partial charge in [0.2, 0.25) is 0 Å². The summed E-state index contributed by atoms with van der Waals surface area (Å²) < 4.78 is 16.8. The number of carbonyl (C=O) groups excluding carboxylic acids is 3. The van der Waals surface area contributed by atoms with Gasteiger partial charge in [0, 0.05) is 19.3 Å². The first kappa shape index (κ1) is 72.5. The van der Waals surface area contributed by atoms with Gasteiger partial charge in [-0.15, -0.1) is 0 Å². The van der Waals surface area contributed by atoms with Crippen LogP contribution in [-0.4, -0.2) is 37.2 Å². The van der Waals surface area contributed by atoms with Crippen LogP contribution in [0.25, 0.3) is 0 Å².